The zero-order chi connectivity index (χ0) is 11.8. The minimum atomic E-state index is 0.617. The first kappa shape index (κ1) is 14.2. The summed E-state index contributed by atoms with van der Waals surface area (Å²) in [4.78, 5) is 0. The second kappa shape index (κ2) is 8.26. The lowest BCUT2D eigenvalue weighted by Crippen LogP contribution is -2.05. The van der Waals surface area contributed by atoms with Crippen LogP contribution < -0.4 is 4.74 Å². The number of hydrogen-bond donors (Lipinski definition) is 0. The summed E-state index contributed by atoms with van der Waals surface area (Å²) >= 11 is 11.0. The van der Waals surface area contributed by atoms with Crippen LogP contribution in [0.3, 0.4) is 0 Å². The van der Waals surface area contributed by atoms with Crippen molar-refractivity contribution in [1.29, 1.82) is 0 Å². The number of ether oxygens (including phenoxy) is 1. The first-order chi connectivity index (χ1) is 7.72. The molecule has 4 heteroatoms. The first-order valence-corrected chi connectivity index (χ1v) is 7.66. The van der Waals surface area contributed by atoms with Gasteiger partial charge in [-0.2, -0.15) is 11.8 Å². The number of thioether (sulfide) groups is 1. The van der Waals surface area contributed by atoms with E-state index in [0.717, 1.165) is 34.9 Å². The molecule has 0 heterocycles. The maximum Gasteiger partial charge on any atom is 0.119 e. The Balaban J connectivity index is 2.13. The predicted molar refractivity (Wildman–Crippen MR) is 76.9 cm³/mol. The van der Waals surface area contributed by atoms with Gasteiger partial charge in [0.2, 0.25) is 0 Å². The van der Waals surface area contributed by atoms with Crippen molar-refractivity contribution < 1.29 is 4.74 Å². The SMILES string of the molecule is CC(CCCl)SCCOc1ccc(Br)cc1. The Kier molecular flexibility index (Phi) is 7.33. The molecule has 0 radical (unpaired) electrons. The van der Waals surface area contributed by atoms with Crippen LogP contribution >= 0.6 is 39.3 Å². The molecule has 0 aliphatic carbocycles. The topological polar surface area (TPSA) is 9.23 Å². The normalized spacial score (nSPS) is 12.4. The maximum atomic E-state index is 5.67. The van der Waals surface area contributed by atoms with E-state index >= 15 is 0 Å². The zero-order valence-electron chi connectivity index (χ0n) is 9.29. The Hall–Kier alpha value is 0.140. The van der Waals surface area contributed by atoms with Crippen molar-refractivity contribution in [3.63, 3.8) is 0 Å². The zero-order valence-corrected chi connectivity index (χ0v) is 12.4. The van der Waals surface area contributed by atoms with E-state index in [-0.39, 0.29) is 0 Å². The van der Waals surface area contributed by atoms with Crippen molar-refractivity contribution in [3.8, 4) is 5.75 Å². The molecule has 0 saturated heterocycles. The molecule has 16 heavy (non-hydrogen) atoms. The second-order valence-corrected chi connectivity index (χ2v) is 6.30. The number of benzene rings is 1. The first-order valence-electron chi connectivity index (χ1n) is 5.28. The molecule has 1 aromatic carbocycles. The van der Waals surface area contributed by atoms with Crippen molar-refractivity contribution >= 4 is 39.3 Å². The van der Waals surface area contributed by atoms with Gasteiger partial charge in [0.05, 0.1) is 6.61 Å². The molecule has 1 unspecified atom stereocenters. The minimum absolute atomic E-state index is 0.617. The predicted octanol–water partition coefficient (Wildman–Crippen LogP) is 4.58. The van der Waals surface area contributed by atoms with Gasteiger partial charge in [-0.1, -0.05) is 22.9 Å². The van der Waals surface area contributed by atoms with Crippen molar-refractivity contribution in [3.05, 3.63) is 28.7 Å². The van der Waals surface area contributed by atoms with Gasteiger partial charge in [0, 0.05) is 21.4 Å². The monoisotopic (exact) mass is 322 g/mol. The summed E-state index contributed by atoms with van der Waals surface area (Å²) in [6.07, 6.45) is 1.06. The van der Waals surface area contributed by atoms with Gasteiger partial charge in [-0.15, -0.1) is 11.6 Å². The summed E-state index contributed by atoms with van der Waals surface area (Å²) in [6, 6.07) is 7.91. The Labute approximate surface area is 115 Å². The van der Waals surface area contributed by atoms with E-state index in [0.29, 0.717) is 5.25 Å². The minimum Gasteiger partial charge on any atom is -0.493 e. The average Bonchev–Trinajstić information content (AvgIpc) is 2.27. The average molecular weight is 324 g/mol. The number of halogens is 2. The lowest BCUT2D eigenvalue weighted by atomic mass is 10.3. The van der Waals surface area contributed by atoms with Gasteiger partial charge in [0.25, 0.3) is 0 Å². The Morgan fingerprint density at radius 3 is 2.69 bits per heavy atom. The van der Waals surface area contributed by atoms with Gasteiger partial charge < -0.3 is 4.74 Å². The van der Waals surface area contributed by atoms with E-state index in [2.05, 4.69) is 22.9 Å². The van der Waals surface area contributed by atoms with Crippen molar-refractivity contribution in [1.82, 2.24) is 0 Å². The molecule has 0 fully saturated rings. The van der Waals surface area contributed by atoms with Crippen molar-refractivity contribution in [2.75, 3.05) is 18.2 Å². The lowest BCUT2D eigenvalue weighted by Gasteiger charge is -2.10. The molecule has 1 atom stereocenters. The summed E-state index contributed by atoms with van der Waals surface area (Å²) in [7, 11) is 0. The van der Waals surface area contributed by atoms with Crippen molar-refractivity contribution in [2.24, 2.45) is 0 Å². The summed E-state index contributed by atoms with van der Waals surface area (Å²) in [6.45, 7) is 2.95. The lowest BCUT2D eigenvalue weighted by molar-refractivity contribution is 0.344. The highest BCUT2D eigenvalue weighted by Gasteiger charge is 2.01. The van der Waals surface area contributed by atoms with Gasteiger partial charge in [-0.3, -0.25) is 0 Å². The molecular formula is C12H16BrClOS. The molecule has 0 aromatic heterocycles. The van der Waals surface area contributed by atoms with Gasteiger partial charge in [-0.05, 0) is 30.7 Å². The van der Waals surface area contributed by atoms with E-state index in [9.17, 15) is 0 Å². The molecule has 0 saturated carbocycles. The summed E-state index contributed by atoms with van der Waals surface area (Å²) in [5.74, 6) is 2.67. The fourth-order valence-corrected chi connectivity index (χ4v) is 2.76. The third-order valence-electron chi connectivity index (χ3n) is 2.08. The van der Waals surface area contributed by atoms with E-state index in [1.54, 1.807) is 0 Å². The molecule has 0 bridgehead atoms. The Morgan fingerprint density at radius 2 is 2.06 bits per heavy atom. The quantitative estimate of drug-likeness (QED) is 0.536. The molecule has 0 spiro atoms. The van der Waals surface area contributed by atoms with Crippen LogP contribution in [-0.4, -0.2) is 23.5 Å². The highest BCUT2D eigenvalue weighted by molar-refractivity contribution is 9.10. The van der Waals surface area contributed by atoms with Crippen LogP contribution in [0.1, 0.15) is 13.3 Å². The largest absolute Gasteiger partial charge is 0.493 e. The van der Waals surface area contributed by atoms with E-state index in [1.807, 2.05) is 36.0 Å². The van der Waals surface area contributed by atoms with Crippen molar-refractivity contribution in [2.45, 2.75) is 18.6 Å². The molecular weight excluding hydrogens is 308 g/mol. The smallest absolute Gasteiger partial charge is 0.119 e. The van der Waals surface area contributed by atoms with Crippen LogP contribution in [0.4, 0.5) is 0 Å². The number of hydrogen-bond acceptors (Lipinski definition) is 2. The fourth-order valence-electron chi connectivity index (χ4n) is 1.18. The van der Waals surface area contributed by atoms with Crippen LogP contribution in [0.5, 0.6) is 5.75 Å². The van der Waals surface area contributed by atoms with E-state index < -0.39 is 0 Å². The third-order valence-corrected chi connectivity index (χ3v) is 4.04. The van der Waals surface area contributed by atoms with Crippen LogP contribution in [0.2, 0.25) is 0 Å². The summed E-state index contributed by atoms with van der Waals surface area (Å²) in [5.41, 5.74) is 0. The molecule has 0 N–H and O–H groups in total. The number of alkyl halides is 1. The van der Waals surface area contributed by atoms with E-state index in [4.69, 9.17) is 16.3 Å². The van der Waals surface area contributed by atoms with Gasteiger partial charge in [0.15, 0.2) is 0 Å². The third kappa shape index (κ3) is 6.02. The van der Waals surface area contributed by atoms with Crippen LogP contribution in [-0.2, 0) is 0 Å². The molecule has 90 valence electrons. The van der Waals surface area contributed by atoms with Gasteiger partial charge in [-0.25, -0.2) is 0 Å². The standard InChI is InChI=1S/C12H16BrClOS/c1-10(6-7-14)16-9-8-15-12-4-2-11(13)3-5-12/h2-5,10H,6-9H2,1H3. The highest BCUT2D eigenvalue weighted by Crippen LogP contribution is 2.18. The molecule has 0 aliphatic heterocycles. The maximum absolute atomic E-state index is 5.67. The summed E-state index contributed by atoms with van der Waals surface area (Å²) in [5, 5.41) is 0.617. The fraction of sp³-hybridized carbons (Fsp3) is 0.500. The molecule has 1 aromatic rings. The molecule has 0 amide bonds. The van der Waals surface area contributed by atoms with E-state index in [1.165, 1.54) is 0 Å². The van der Waals surface area contributed by atoms with Crippen LogP contribution in [0.25, 0.3) is 0 Å². The Bertz CT molecular complexity index is 292. The molecule has 1 rings (SSSR count). The van der Waals surface area contributed by atoms with Gasteiger partial charge in [0.1, 0.15) is 5.75 Å². The Morgan fingerprint density at radius 1 is 1.38 bits per heavy atom. The number of rotatable bonds is 7. The molecule has 1 nitrogen and oxygen atoms in total. The van der Waals surface area contributed by atoms with Gasteiger partial charge >= 0.3 is 0 Å². The highest BCUT2D eigenvalue weighted by atomic mass is 79.9. The van der Waals surface area contributed by atoms with Crippen LogP contribution in [0, 0.1) is 0 Å². The summed E-state index contributed by atoms with van der Waals surface area (Å²) < 4.78 is 6.69. The second-order valence-electron chi connectivity index (χ2n) is 3.46. The molecule has 0 aliphatic rings. The van der Waals surface area contributed by atoms with Crippen LogP contribution in [0.15, 0.2) is 28.7 Å².